The topological polar surface area (TPSA) is 111 Å². The molecule has 0 aromatic heterocycles. The van der Waals surface area contributed by atoms with E-state index in [1.807, 2.05) is 0 Å². The molecule has 0 spiro atoms. The number of esters is 1. The Bertz CT molecular complexity index is 915. The number of ether oxygens (including phenoxy) is 3. The number of rotatable bonds is 7. The summed E-state index contributed by atoms with van der Waals surface area (Å²) in [6.07, 6.45) is -3.17. The summed E-state index contributed by atoms with van der Waals surface area (Å²) in [6, 6.07) is 14.6. The van der Waals surface area contributed by atoms with Crippen molar-refractivity contribution in [2.45, 2.75) is 31.3 Å². The first-order chi connectivity index (χ1) is 14.5. The maximum atomic E-state index is 12.7. The van der Waals surface area contributed by atoms with Gasteiger partial charge in [0.25, 0.3) is 0 Å². The molecule has 2 aromatic carbocycles. The molecular formula is C22H23NO7. The predicted molar refractivity (Wildman–Crippen MR) is 106 cm³/mol. The zero-order valence-electron chi connectivity index (χ0n) is 16.6. The Morgan fingerprint density at radius 3 is 2.37 bits per heavy atom. The lowest BCUT2D eigenvalue weighted by Gasteiger charge is -2.25. The number of carboxylic acids is 1. The van der Waals surface area contributed by atoms with Gasteiger partial charge < -0.3 is 24.6 Å². The number of likely N-dealkylation sites (N-methyl/N-ethyl adjacent to an activating group) is 1. The molecule has 3 rings (SSSR count). The van der Waals surface area contributed by atoms with Crippen molar-refractivity contribution in [2.75, 3.05) is 13.7 Å². The molecule has 1 heterocycles. The molecular weight excluding hydrogens is 390 g/mol. The Labute approximate surface area is 173 Å². The van der Waals surface area contributed by atoms with Crippen LogP contribution in [0.5, 0.6) is 0 Å². The summed E-state index contributed by atoms with van der Waals surface area (Å²) in [4.78, 5) is 37.2. The third kappa shape index (κ3) is 4.34. The van der Waals surface area contributed by atoms with E-state index in [2.05, 4.69) is 5.32 Å². The Hall–Kier alpha value is -3.23. The van der Waals surface area contributed by atoms with Crippen LogP contribution in [0.1, 0.15) is 39.1 Å². The molecule has 8 nitrogen and oxygen atoms in total. The summed E-state index contributed by atoms with van der Waals surface area (Å²) >= 11 is 0. The van der Waals surface area contributed by atoms with E-state index in [0.29, 0.717) is 17.7 Å². The van der Waals surface area contributed by atoms with Crippen molar-refractivity contribution in [3.8, 4) is 0 Å². The molecule has 0 bridgehead atoms. The van der Waals surface area contributed by atoms with Gasteiger partial charge in [0.1, 0.15) is 6.10 Å². The van der Waals surface area contributed by atoms with Gasteiger partial charge in [0.05, 0.1) is 17.0 Å². The van der Waals surface area contributed by atoms with Gasteiger partial charge in [-0.2, -0.15) is 0 Å². The molecule has 158 valence electrons. The van der Waals surface area contributed by atoms with Crippen LogP contribution >= 0.6 is 0 Å². The molecule has 1 aliphatic rings. The highest BCUT2D eigenvalue weighted by Gasteiger charge is 2.52. The highest BCUT2D eigenvalue weighted by Crippen LogP contribution is 2.40. The average molecular weight is 413 g/mol. The summed E-state index contributed by atoms with van der Waals surface area (Å²) in [5, 5.41) is 12.3. The number of carboxylic acid groups (broad SMARTS) is 1. The minimum atomic E-state index is -1.16. The molecule has 1 saturated heterocycles. The lowest BCUT2D eigenvalue weighted by Crippen LogP contribution is -2.39. The Balaban J connectivity index is 2.03. The van der Waals surface area contributed by atoms with E-state index in [0.717, 1.165) is 0 Å². The maximum Gasteiger partial charge on any atom is 0.338 e. The van der Waals surface area contributed by atoms with Crippen LogP contribution in [0, 0.1) is 0 Å². The molecule has 1 amide bonds. The second kappa shape index (κ2) is 9.51. The van der Waals surface area contributed by atoms with Crippen molar-refractivity contribution < 1.29 is 33.7 Å². The summed E-state index contributed by atoms with van der Waals surface area (Å²) in [5.74, 6) is -3.10. The van der Waals surface area contributed by atoms with Crippen molar-refractivity contribution in [1.29, 1.82) is 0 Å². The van der Waals surface area contributed by atoms with Crippen molar-refractivity contribution in [3.63, 3.8) is 0 Å². The van der Waals surface area contributed by atoms with Crippen molar-refractivity contribution >= 4 is 17.8 Å². The van der Waals surface area contributed by atoms with Gasteiger partial charge in [-0.25, -0.2) is 9.59 Å². The number of hydrogen-bond acceptors (Lipinski definition) is 6. The molecule has 1 aliphatic heterocycles. The number of methoxy groups -OCH3 is 1. The molecule has 4 atom stereocenters. The largest absolute Gasteiger partial charge is 0.478 e. The van der Waals surface area contributed by atoms with E-state index in [4.69, 9.17) is 14.2 Å². The van der Waals surface area contributed by atoms with E-state index in [1.54, 1.807) is 55.5 Å². The van der Waals surface area contributed by atoms with Gasteiger partial charge in [-0.05, 0) is 30.7 Å². The molecule has 2 N–H and O–H groups in total. The first kappa shape index (κ1) is 21.5. The monoisotopic (exact) mass is 413 g/mol. The van der Waals surface area contributed by atoms with Crippen LogP contribution in [-0.4, -0.2) is 55.1 Å². The van der Waals surface area contributed by atoms with E-state index in [1.165, 1.54) is 13.2 Å². The Morgan fingerprint density at radius 2 is 1.73 bits per heavy atom. The van der Waals surface area contributed by atoms with Gasteiger partial charge in [0.15, 0.2) is 12.4 Å². The Morgan fingerprint density at radius 1 is 1.07 bits per heavy atom. The van der Waals surface area contributed by atoms with Crippen LogP contribution in [0.2, 0.25) is 0 Å². The smallest absolute Gasteiger partial charge is 0.338 e. The van der Waals surface area contributed by atoms with Crippen LogP contribution in [0.15, 0.2) is 54.6 Å². The zero-order chi connectivity index (χ0) is 21.7. The standard InChI is InChI=1S/C22H23NO7/c1-3-23-19(24)17-16(14-11-7-8-12-15(14)20(25)26)18(22(28-2)30-17)29-21(27)13-9-5-4-6-10-13/h4-12,16-18,22H,3H2,1-2H3,(H,23,24)(H,25,26)/t16-,17+,18-,22+/m1/s1. The van der Waals surface area contributed by atoms with E-state index >= 15 is 0 Å². The van der Waals surface area contributed by atoms with Crippen molar-refractivity contribution in [2.24, 2.45) is 0 Å². The average Bonchev–Trinajstić information content (AvgIpc) is 3.12. The number of carbonyl (C=O) groups is 3. The number of carbonyl (C=O) groups excluding carboxylic acids is 2. The molecule has 0 radical (unpaired) electrons. The summed E-state index contributed by atoms with van der Waals surface area (Å²) in [6.45, 7) is 2.12. The number of hydrogen-bond donors (Lipinski definition) is 2. The molecule has 0 unspecified atom stereocenters. The summed E-state index contributed by atoms with van der Waals surface area (Å²) < 4.78 is 16.8. The van der Waals surface area contributed by atoms with Gasteiger partial charge in [-0.3, -0.25) is 4.79 Å². The van der Waals surface area contributed by atoms with Crippen LogP contribution in [0.25, 0.3) is 0 Å². The van der Waals surface area contributed by atoms with Crippen LogP contribution in [-0.2, 0) is 19.0 Å². The van der Waals surface area contributed by atoms with E-state index in [9.17, 15) is 19.5 Å². The van der Waals surface area contributed by atoms with Gasteiger partial charge >= 0.3 is 11.9 Å². The van der Waals surface area contributed by atoms with Crippen LogP contribution in [0.4, 0.5) is 0 Å². The number of nitrogens with one attached hydrogen (secondary N) is 1. The first-order valence-corrected chi connectivity index (χ1v) is 9.52. The second-order valence-corrected chi connectivity index (χ2v) is 6.71. The number of amides is 1. The van der Waals surface area contributed by atoms with Crippen LogP contribution < -0.4 is 5.32 Å². The van der Waals surface area contributed by atoms with Gasteiger partial charge in [-0.1, -0.05) is 36.4 Å². The quantitative estimate of drug-likeness (QED) is 0.670. The lowest BCUT2D eigenvalue weighted by molar-refractivity contribution is -0.161. The van der Waals surface area contributed by atoms with E-state index < -0.39 is 42.3 Å². The fraction of sp³-hybridized carbons (Fsp3) is 0.318. The third-order valence-corrected chi connectivity index (χ3v) is 4.87. The van der Waals surface area contributed by atoms with Crippen molar-refractivity contribution in [3.05, 3.63) is 71.3 Å². The van der Waals surface area contributed by atoms with Crippen molar-refractivity contribution in [1.82, 2.24) is 5.32 Å². The SMILES string of the molecule is CCNC(=O)[C@H]1O[C@H](OC)[C@H](OC(=O)c2ccccc2)[C@@H]1c1ccccc1C(=O)O. The molecule has 0 saturated carbocycles. The predicted octanol–water partition coefficient (Wildman–Crippen LogP) is 2.20. The number of benzene rings is 2. The minimum absolute atomic E-state index is 0.00193. The maximum absolute atomic E-state index is 12.7. The highest BCUT2D eigenvalue weighted by atomic mass is 16.7. The molecule has 8 heteroatoms. The number of aromatic carboxylic acids is 1. The highest BCUT2D eigenvalue weighted by molar-refractivity contribution is 5.91. The van der Waals surface area contributed by atoms with Gasteiger partial charge in [-0.15, -0.1) is 0 Å². The fourth-order valence-corrected chi connectivity index (χ4v) is 3.55. The Kier molecular flexibility index (Phi) is 6.81. The van der Waals surface area contributed by atoms with E-state index in [-0.39, 0.29) is 5.56 Å². The molecule has 0 aliphatic carbocycles. The second-order valence-electron chi connectivity index (χ2n) is 6.71. The molecule has 1 fully saturated rings. The van der Waals surface area contributed by atoms with Gasteiger partial charge in [0.2, 0.25) is 5.91 Å². The first-order valence-electron chi connectivity index (χ1n) is 9.52. The molecule has 30 heavy (non-hydrogen) atoms. The van der Waals surface area contributed by atoms with Gasteiger partial charge in [0, 0.05) is 13.7 Å². The zero-order valence-corrected chi connectivity index (χ0v) is 16.6. The fourth-order valence-electron chi connectivity index (χ4n) is 3.55. The lowest BCUT2D eigenvalue weighted by atomic mass is 9.86. The van der Waals surface area contributed by atoms with Crippen LogP contribution in [0.3, 0.4) is 0 Å². The molecule has 2 aromatic rings. The third-order valence-electron chi connectivity index (χ3n) is 4.87. The summed E-state index contributed by atoms with van der Waals surface area (Å²) in [7, 11) is 1.37. The normalized spacial score (nSPS) is 23.0. The minimum Gasteiger partial charge on any atom is -0.478 e. The summed E-state index contributed by atoms with van der Waals surface area (Å²) in [5.41, 5.74) is 0.642.